The number of para-hydroxylation sites is 2. The average Bonchev–Trinajstić information content (AvgIpc) is 2.83. The normalized spacial score (nSPS) is 10.2. The van der Waals surface area contributed by atoms with Crippen molar-refractivity contribution in [1.29, 1.82) is 0 Å². The first-order valence-corrected chi connectivity index (χ1v) is 11.0. The SMILES string of the molecule is COc1ccccc1C(=O)NCC(=O)OCC(=O)Nc1ccccc1Sc1ccc(Cl)cc1. The van der Waals surface area contributed by atoms with E-state index in [1.165, 1.54) is 18.9 Å². The van der Waals surface area contributed by atoms with Crippen molar-refractivity contribution >= 4 is 46.8 Å². The van der Waals surface area contributed by atoms with E-state index in [-0.39, 0.29) is 6.54 Å². The van der Waals surface area contributed by atoms with Gasteiger partial charge in [0.05, 0.1) is 18.4 Å². The standard InChI is InChI=1S/C24H21ClN2O5S/c1-31-20-8-4-2-6-18(20)24(30)26-14-23(29)32-15-22(28)27-19-7-3-5-9-21(19)33-17-12-10-16(25)11-13-17/h2-13H,14-15H2,1H3,(H,26,30)(H,27,28). The minimum absolute atomic E-state index is 0.292. The van der Waals surface area contributed by atoms with Crippen molar-refractivity contribution in [3.63, 3.8) is 0 Å². The molecule has 2 amide bonds. The molecule has 3 rings (SSSR count). The van der Waals surface area contributed by atoms with Gasteiger partial charge >= 0.3 is 5.97 Å². The molecule has 0 saturated heterocycles. The lowest BCUT2D eigenvalue weighted by Crippen LogP contribution is -2.32. The molecule has 0 aliphatic rings. The predicted octanol–water partition coefficient (Wildman–Crippen LogP) is 4.41. The molecule has 0 unspecified atom stereocenters. The number of anilines is 1. The van der Waals surface area contributed by atoms with Crippen LogP contribution in [0.4, 0.5) is 5.69 Å². The summed E-state index contributed by atoms with van der Waals surface area (Å²) in [6, 6.07) is 21.2. The first kappa shape index (κ1) is 24.2. The minimum Gasteiger partial charge on any atom is -0.496 e. The van der Waals surface area contributed by atoms with Crippen LogP contribution < -0.4 is 15.4 Å². The van der Waals surface area contributed by atoms with Crippen molar-refractivity contribution in [3.8, 4) is 5.75 Å². The molecule has 0 fully saturated rings. The second-order valence-electron chi connectivity index (χ2n) is 6.64. The van der Waals surface area contributed by atoms with Crippen LogP contribution >= 0.6 is 23.4 Å². The van der Waals surface area contributed by atoms with Crippen LogP contribution in [0.2, 0.25) is 5.02 Å². The zero-order chi connectivity index (χ0) is 23.6. The summed E-state index contributed by atoms with van der Waals surface area (Å²) in [4.78, 5) is 38.3. The third kappa shape index (κ3) is 7.27. The first-order chi connectivity index (χ1) is 16.0. The second-order valence-corrected chi connectivity index (χ2v) is 8.20. The first-order valence-electron chi connectivity index (χ1n) is 9.85. The average molecular weight is 485 g/mol. The number of ether oxygens (including phenoxy) is 2. The summed E-state index contributed by atoms with van der Waals surface area (Å²) in [5.41, 5.74) is 0.878. The van der Waals surface area contributed by atoms with Gasteiger partial charge in [-0.25, -0.2) is 0 Å². The third-order valence-electron chi connectivity index (χ3n) is 4.31. The molecule has 9 heteroatoms. The van der Waals surface area contributed by atoms with Gasteiger partial charge in [-0.05, 0) is 48.5 Å². The van der Waals surface area contributed by atoms with Crippen LogP contribution in [0.25, 0.3) is 0 Å². The van der Waals surface area contributed by atoms with Crippen LogP contribution in [0.1, 0.15) is 10.4 Å². The van der Waals surface area contributed by atoms with Gasteiger partial charge in [0.15, 0.2) is 6.61 Å². The van der Waals surface area contributed by atoms with E-state index < -0.39 is 24.4 Å². The molecule has 0 bridgehead atoms. The van der Waals surface area contributed by atoms with E-state index in [4.69, 9.17) is 21.1 Å². The molecule has 0 radical (unpaired) electrons. The molecule has 0 heterocycles. The summed E-state index contributed by atoms with van der Waals surface area (Å²) < 4.78 is 10.1. The fraction of sp³-hybridized carbons (Fsp3) is 0.125. The number of halogens is 1. The summed E-state index contributed by atoms with van der Waals surface area (Å²) in [5.74, 6) is -1.33. The Labute approximate surface area is 200 Å². The zero-order valence-corrected chi connectivity index (χ0v) is 19.2. The van der Waals surface area contributed by atoms with E-state index in [0.717, 1.165) is 9.79 Å². The smallest absolute Gasteiger partial charge is 0.325 e. The highest BCUT2D eigenvalue weighted by Gasteiger charge is 2.15. The molecular formula is C24H21ClN2O5S. The topological polar surface area (TPSA) is 93.7 Å². The van der Waals surface area contributed by atoms with E-state index in [0.29, 0.717) is 22.0 Å². The zero-order valence-electron chi connectivity index (χ0n) is 17.7. The number of amides is 2. The maximum absolute atomic E-state index is 12.3. The Morgan fingerprint density at radius 3 is 2.39 bits per heavy atom. The number of rotatable bonds is 9. The van der Waals surface area contributed by atoms with Crippen LogP contribution in [0, 0.1) is 0 Å². The summed E-state index contributed by atoms with van der Waals surface area (Å²) in [5, 5.41) is 5.83. The maximum Gasteiger partial charge on any atom is 0.325 e. The van der Waals surface area contributed by atoms with Crippen molar-refractivity contribution in [2.24, 2.45) is 0 Å². The molecule has 0 atom stereocenters. The molecule has 33 heavy (non-hydrogen) atoms. The van der Waals surface area contributed by atoms with Crippen molar-refractivity contribution in [1.82, 2.24) is 5.32 Å². The molecule has 2 N–H and O–H groups in total. The molecule has 7 nitrogen and oxygen atoms in total. The highest BCUT2D eigenvalue weighted by molar-refractivity contribution is 7.99. The molecule has 0 aromatic heterocycles. The molecule has 3 aromatic carbocycles. The Kier molecular flexibility index (Phi) is 8.74. The van der Waals surface area contributed by atoms with E-state index >= 15 is 0 Å². The Morgan fingerprint density at radius 2 is 1.64 bits per heavy atom. The van der Waals surface area contributed by atoms with Gasteiger partial charge in [-0.15, -0.1) is 0 Å². The van der Waals surface area contributed by atoms with Gasteiger partial charge in [-0.2, -0.15) is 0 Å². The van der Waals surface area contributed by atoms with Crippen molar-refractivity contribution < 1.29 is 23.9 Å². The summed E-state index contributed by atoms with van der Waals surface area (Å²) in [7, 11) is 1.45. The molecule has 0 aliphatic heterocycles. The van der Waals surface area contributed by atoms with Gasteiger partial charge in [0.1, 0.15) is 12.3 Å². The molecule has 0 saturated carbocycles. The lowest BCUT2D eigenvalue weighted by Gasteiger charge is -2.12. The lowest BCUT2D eigenvalue weighted by molar-refractivity contribution is -0.146. The fourth-order valence-electron chi connectivity index (χ4n) is 2.75. The predicted molar refractivity (Wildman–Crippen MR) is 127 cm³/mol. The Hall–Kier alpha value is -3.49. The van der Waals surface area contributed by atoms with Crippen LogP contribution in [-0.4, -0.2) is 38.0 Å². The van der Waals surface area contributed by atoms with Gasteiger partial charge in [-0.3, -0.25) is 14.4 Å². The fourth-order valence-corrected chi connectivity index (χ4v) is 3.78. The number of carbonyl (C=O) groups is 3. The number of carbonyl (C=O) groups excluding carboxylic acids is 3. The highest BCUT2D eigenvalue weighted by atomic mass is 35.5. The van der Waals surface area contributed by atoms with Gasteiger partial charge in [0, 0.05) is 14.8 Å². The number of methoxy groups -OCH3 is 1. The van der Waals surface area contributed by atoms with E-state index in [1.807, 2.05) is 24.3 Å². The van der Waals surface area contributed by atoms with Gasteiger partial charge < -0.3 is 20.1 Å². The van der Waals surface area contributed by atoms with Gasteiger partial charge in [-0.1, -0.05) is 47.6 Å². The maximum atomic E-state index is 12.3. The van der Waals surface area contributed by atoms with Crippen molar-refractivity contribution in [3.05, 3.63) is 83.4 Å². The molecular weight excluding hydrogens is 464 g/mol. The van der Waals surface area contributed by atoms with Crippen LogP contribution in [0.15, 0.2) is 82.6 Å². The molecule has 3 aromatic rings. The van der Waals surface area contributed by atoms with Gasteiger partial charge in [0.25, 0.3) is 11.8 Å². The van der Waals surface area contributed by atoms with Crippen LogP contribution in [0.5, 0.6) is 5.75 Å². The molecule has 170 valence electrons. The Morgan fingerprint density at radius 1 is 0.939 bits per heavy atom. The third-order valence-corrected chi connectivity index (χ3v) is 5.65. The van der Waals surface area contributed by atoms with E-state index in [2.05, 4.69) is 10.6 Å². The Bertz CT molecular complexity index is 1140. The molecule has 0 spiro atoms. The number of benzene rings is 3. The lowest BCUT2D eigenvalue weighted by atomic mass is 10.2. The highest BCUT2D eigenvalue weighted by Crippen LogP contribution is 2.33. The second kappa shape index (κ2) is 11.9. The number of nitrogens with one attached hydrogen (secondary N) is 2. The number of hydrogen-bond donors (Lipinski definition) is 2. The quantitative estimate of drug-likeness (QED) is 0.437. The summed E-state index contributed by atoms with van der Waals surface area (Å²) in [6.45, 7) is -0.865. The van der Waals surface area contributed by atoms with Gasteiger partial charge in [0.2, 0.25) is 0 Å². The van der Waals surface area contributed by atoms with E-state index in [9.17, 15) is 14.4 Å². The number of esters is 1. The minimum atomic E-state index is -0.739. The number of hydrogen-bond acceptors (Lipinski definition) is 6. The van der Waals surface area contributed by atoms with E-state index in [1.54, 1.807) is 48.5 Å². The van der Waals surface area contributed by atoms with Crippen LogP contribution in [-0.2, 0) is 14.3 Å². The van der Waals surface area contributed by atoms with Crippen molar-refractivity contribution in [2.75, 3.05) is 25.6 Å². The van der Waals surface area contributed by atoms with Crippen molar-refractivity contribution in [2.45, 2.75) is 9.79 Å². The summed E-state index contributed by atoms with van der Waals surface area (Å²) in [6.07, 6.45) is 0. The summed E-state index contributed by atoms with van der Waals surface area (Å²) >= 11 is 7.39. The monoisotopic (exact) mass is 484 g/mol. The Balaban J connectivity index is 1.49. The van der Waals surface area contributed by atoms with Crippen LogP contribution in [0.3, 0.4) is 0 Å². The molecule has 0 aliphatic carbocycles. The largest absolute Gasteiger partial charge is 0.496 e.